The van der Waals surface area contributed by atoms with Crippen molar-refractivity contribution >= 4 is 11.6 Å². The molecule has 5 heteroatoms. The Morgan fingerprint density at radius 2 is 2.05 bits per heavy atom. The van der Waals surface area contributed by atoms with Crippen LogP contribution >= 0.6 is 11.6 Å². The number of aromatic nitrogens is 1. The van der Waals surface area contributed by atoms with Crippen LogP contribution in [0.15, 0.2) is 36.5 Å². The highest BCUT2D eigenvalue weighted by Crippen LogP contribution is 2.21. The lowest BCUT2D eigenvalue weighted by Gasteiger charge is -2.17. The van der Waals surface area contributed by atoms with E-state index in [1.165, 1.54) is 24.4 Å². The van der Waals surface area contributed by atoms with Crippen molar-refractivity contribution in [3.8, 4) is 0 Å². The highest BCUT2D eigenvalue weighted by atomic mass is 35.5. The van der Waals surface area contributed by atoms with Crippen LogP contribution in [0, 0.1) is 11.6 Å². The van der Waals surface area contributed by atoms with Crippen LogP contribution in [-0.4, -0.2) is 11.5 Å². The molecule has 0 aliphatic rings. The molecule has 20 heavy (non-hydrogen) atoms. The smallest absolute Gasteiger partial charge is 0.142 e. The molecule has 0 bridgehead atoms. The largest absolute Gasteiger partial charge is 0.309 e. The first-order valence-corrected chi connectivity index (χ1v) is 6.76. The van der Waals surface area contributed by atoms with Gasteiger partial charge in [-0.1, -0.05) is 24.6 Å². The summed E-state index contributed by atoms with van der Waals surface area (Å²) in [6, 6.07) is 7.63. The molecule has 0 fully saturated rings. The van der Waals surface area contributed by atoms with Crippen LogP contribution in [0.25, 0.3) is 0 Å². The van der Waals surface area contributed by atoms with Crippen molar-refractivity contribution in [3.63, 3.8) is 0 Å². The van der Waals surface area contributed by atoms with Gasteiger partial charge in [-0.3, -0.25) is 4.98 Å². The topological polar surface area (TPSA) is 24.9 Å². The molecule has 2 rings (SSSR count). The predicted octanol–water partition coefficient (Wildman–Crippen LogP) is 3.91. The maximum absolute atomic E-state index is 13.5. The van der Waals surface area contributed by atoms with Crippen molar-refractivity contribution in [1.29, 1.82) is 0 Å². The van der Waals surface area contributed by atoms with E-state index in [0.29, 0.717) is 6.42 Å². The van der Waals surface area contributed by atoms with E-state index in [-0.39, 0.29) is 16.9 Å². The summed E-state index contributed by atoms with van der Waals surface area (Å²) in [5.74, 6) is -0.812. The standard InChI is InChI=1S/C15H15ClF2N2/c1-2-19-15(14-6-4-11(17)9-20-14)8-10-3-5-12(16)13(18)7-10/h3-7,9,15,19H,2,8H2,1H3. The first kappa shape index (κ1) is 14.9. The van der Waals surface area contributed by atoms with Gasteiger partial charge in [-0.05, 0) is 42.8 Å². The van der Waals surface area contributed by atoms with E-state index in [0.717, 1.165) is 17.8 Å². The zero-order valence-corrected chi connectivity index (χ0v) is 11.8. The number of rotatable bonds is 5. The molecule has 1 atom stereocenters. The van der Waals surface area contributed by atoms with Crippen molar-refractivity contribution in [2.45, 2.75) is 19.4 Å². The Balaban J connectivity index is 2.20. The van der Waals surface area contributed by atoms with Crippen molar-refractivity contribution in [2.24, 2.45) is 0 Å². The maximum atomic E-state index is 13.5. The lowest BCUT2D eigenvalue weighted by atomic mass is 10.0. The summed E-state index contributed by atoms with van der Waals surface area (Å²) in [7, 11) is 0. The van der Waals surface area contributed by atoms with Crippen LogP contribution in [0.4, 0.5) is 8.78 Å². The molecule has 0 saturated heterocycles. The highest BCUT2D eigenvalue weighted by Gasteiger charge is 2.13. The van der Waals surface area contributed by atoms with Gasteiger partial charge in [-0.15, -0.1) is 0 Å². The Morgan fingerprint density at radius 1 is 1.25 bits per heavy atom. The minimum absolute atomic E-state index is 0.0961. The van der Waals surface area contributed by atoms with E-state index in [9.17, 15) is 8.78 Å². The highest BCUT2D eigenvalue weighted by molar-refractivity contribution is 6.30. The molecule has 0 amide bonds. The van der Waals surface area contributed by atoms with E-state index in [1.807, 2.05) is 6.92 Å². The fraction of sp³-hybridized carbons (Fsp3) is 0.267. The fourth-order valence-corrected chi connectivity index (χ4v) is 2.14. The zero-order valence-electron chi connectivity index (χ0n) is 11.0. The molecule has 2 nitrogen and oxygen atoms in total. The van der Waals surface area contributed by atoms with Crippen LogP contribution in [0.2, 0.25) is 5.02 Å². The third-order valence-corrected chi connectivity index (χ3v) is 3.29. The number of hydrogen-bond acceptors (Lipinski definition) is 2. The van der Waals surface area contributed by atoms with Gasteiger partial charge in [-0.2, -0.15) is 0 Å². The predicted molar refractivity (Wildman–Crippen MR) is 75.7 cm³/mol. The van der Waals surface area contributed by atoms with E-state index < -0.39 is 5.82 Å². The second-order valence-corrected chi connectivity index (χ2v) is 4.87. The minimum Gasteiger partial charge on any atom is -0.309 e. The summed E-state index contributed by atoms with van der Waals surface area (Å²) < 4.78 is 26.4. The van der Waals surface area contributed by atoms with Gasteiger partial charge in [-0.25, -0.2) is 8.78 Å². The van der Waals surface area contributed by atoms with Crippen molar-refractivity contribution < 1.29 is 8.78 Å². The summed E-state index contributed by atoms with van der Waals surface area (Å²) in [5.41, 5.74) is 1.53. The second kappa shape index (κ2) is 6.77. The third kappa shape index (κ3) is 3.74. The molecule has 1 unspecified atom stereocenters. The van der Waals surface area contributed by atoms with Crippen LogP contribution in [0.3, 0.4) is 0 Å². The number of nitrogens with zero attached hydrogens (tertiary/aromatic N) is 1. The molecule has 0 aliphatic heterocycles. The van der Waals surface area contributed by atoms with Gasteiger partial charge in [0.2, 0.25) is 0 Å². The number of benzene rings is 1. The molecular formula is C15H15ClF2N2. The van der Waals surface area contributed by atoms with Gasteiger partial charge < -0.3 is 5.32 Å². The van der Waals surface area contributed by atoms with Crippen molar-refractivity contribution in [1.82, 2.24) is 10.3 Å². The number of halogens is 3. The Labute approximate surface area is 121 Å². The zero-order chi connectivity index (χ0) is 14.5. The van der Waals surface area contributed by atoms with Gasteiger partial charge >= 0.3 is 0 Å². The molecule has 1 heterocycles. The molecule has 0 spiro atoms. The Bertz CT molecular complexity index is 573. The summed E-state index contributed by atoms with van der Waals surface area (Å²) in [5, 5.41) is 3.37. The number of pyridine rings is 1. The third-order valence-electron chi connectivity index (χ3n) is 2.98. The molecular weight excluding hydrogens is 282 g/mol. The lowest BCUT2D eigenvalue weighted by molar-refractivity contribution is 0.529. The number of likely N-dealkylation sites (N-methyl/N-ethyl adjacent to an activating group) is 1. The molecule has 1 aromatic heterocycles. The first-order chi connectivity index (χ1) is 9.60. The molecule has 1 N–H and O–H groups in total. The molecule has 1 aromatic carbocycles. The van der Waals surface area contributed by atoms with Gasteiger partial charge in [0.05, 0.1) is 23.0 Å². The van der Waals surface area contributed by atoms with Crippen molar-refractivity contribution in [2.75, 3.05) is 6.54 Å². The summed E-state index contributed by atoms with van der Waals surface area (Å²) in [6.07, 6.45) is 1.74. The average Bonchev–Trinajstić information content (AvgIpc) is 2.43. The van der Waals surface area contributed by atoms with Crippen molar-refractivity contribution in [3.05, 3.63) is 64.4 Å². The molecule has 106 valence electrons. The Morgan fingerprint density at radius 3 is 2.65 bits per heavy atom. The fourth-order valence-electron chi connectivity index (χ4n) is 2.02. The van der Waals surface area contributed by atoms with Crippen LogP contribution in [0.5, 0.6) is 0 Å². The Kier molecular flexibility index (Phi) is 5.04. The van der Waals surface area contributed by atoms with Gasteiger partial charge in [0, 0.05) is 0 Å². The summed E-state index contributed by atoms with van der Waals surface area (Å²) >= 11 is 5.67. The average molecular weight is 297 g/mol. The van der Waals surface area contributed by atoms with Gasteiger partial charge in [0.15, 0.2) is 0 Å². The van der Waals surface area contributed by atoms with Crippen LogP contribution in [0.1, 0.15) is 24.2 Å². The maximum Gasteiger partial charge on any atom is 0.142 e. The first-order valence-electron chi connectivity index (χ1n) is 6.39. The molecule has 0 aliphatic carbocycles. The van der Waals surface area contributed by atoms with Crippen LogP contribution < -0.4 is 5.32 Å². The van der Waals surface area contributed by atoms with Gasteiger partial charge in [0.1, 0.15) is 11.6 Å². The molecule has 2 aromatic rings. The van der Waals surface area contributed by atoms with Gasteiger partial charge in [0.25, 0.3) is 0 Å². The van der Waals surface area contributed by atoms with E-state index in [1.54, 1.807) is 12.1 Å². The SMILES string of the molecule is CCNC(Cc1ccc(Cl)c(F)c1)c1ccc(F)cn1. The minimum atomic E-state index is -0.438. The molecule has 0 saturated carbocycles. The van der Waals surface area contributed by atoms with E-state index in [2.05, 4.69) is 10.3 Å². The second-order valence-electron chi connectivity index (χ2n) is 4.46. The summed E-state index contributed by atoms with van der Waals surface area (Å²) in [6.45, 7) is 2.71. The summed E-state index contributed by atoms with van der Waals surface area (Å²) in [4.78, 5) is 4.08. The monoisotopic (exact) mass is 296 g/mol. The molecule has 0 radical (unpaired) electrons. The normalized spacial score (nSPS) is 12.4. The number of nitrogens with one attached hydrogen (secondary N) is 1. The Hall–Kier alpha value is -1.52. The van der Waals surface area contributed by atoms with E-state index >= 15 is 0 Å². The van der Waals surface area contributed by atoms with E-state index in [4.69, 9.17) is 11.6 Å². The quantitative estimate of drug-likeness (QED) is 0.905. The van der Waals surface area contributed by atoms with Crippen LogP contribution in [-0.2, 0) is 6.42 Å². The lowest BCUT2D eigenvalue weighted by Crippen LogP contribution is -2.24. The number of hydrogen-bond donors (Lipinski definition) is 1.